The lowest BCUT2D eigenvalue weighted by molar-refractivity contribution is 0.0963. The van der Waals surface area contributed by atoms with E-state index >= 15 is 0 Å². The zero-order chi connectivity index (χ0) is 18.6. The summed E-state index contributed by atoms with van der Waals surface area (Å²) >= 11 is 0. The number of aromatic nitrogens is 1. The lowest BCUT2D eigenvalue weighted by Crippen LogP contribution is -2.42. The topological polar surface area (TPSA) is 77.6 Å². The van der Waals surface area contributed by atoms with Gasteiger partial charge < -0.3 is 20.4 Å². The summed E-state index contributed by atoms with van der Waals surface area (Å²) in [5, 5.41) is 5.64. The second-order valence-electron chi connectivity index (χ2n) is 7.01. The molecule has 0 saturated carbocycles. The van der Waals surface area contributed by atoms with E-state index in [1.54, 1.807) is 7.05 Å². The molecule has 0 unspecified atom stereocenters. The second-order valence-corrected chi connectivity index (χ2v) is 7.01. The van der Waals surface area contributed by atoms with Crippen molar-refractivity contribution in [2.45, 2.75) is 26.7 Å². The highest BCUT2D eigenvalue weighted by Crippen LogP contribution is 2.23. The summed E-state index contributed by atoms with van der Waals surface area (Å²) in [6.45, 7) is 6.09. The number of carbonyl (C=O) groups excluding carboxylic acids is 2. The van der Waals surface area contributed by atoms with Gasteiger partial charge in [-0.05, 0) is 24.0 Å². The standard InChI is InChI=1S/C18H29N5O2/c1-12(2)11-20-18(25)23-8-6-13-10-14(17(24)19-3)16(22(4)5)21-15(13)7-9-23/h10,12H,6-9,11H2,1-5H3,(H,19,24)(H,20,25). The van der Waals surface area contributed by atoms with E-state index in [2.05, 4.69) is 24.5 Å². The van der Waals surface area contributed by atoms with Crippen molar-refractivity contribution < 1.29 is 9.59 Å². The smallest absolute Gasteiger partial charge is 0.317 e. The van der Waals surface area contributed by atoms with Crippen LogP contribution in [0.15, 0.2) is 6.07 Å². The van der Waals surface area contributed by atoms with E-state index in [-0.39, 0.29) is 11.9 Å². The molecule has 0 spiro atoms. The minimum absolute atomic E-state index is 0.0270. The molecule has 0 radical (unpaired) electrons. The molecule has 3 amide bonds. The molecule has 2 rings (SSSR count). The summed E-state index contributed by atoms with van der Waals surface area (Å²) in [6.07, 6.45) is 1.40. The molecule has 1 aromatic rings. The Labute approximate surface area is 149 Å². The molecule has 2 heterocycles. The number of hydrogen-bond acceptors (Lipinski definition) is 4. The highest BCUT2D eigenvalue weighted by atomic mass is 16.2. The third-order valence-corrected chi connectivity index (χ3v) is 4.28. The molecule has 1 aliphatic heterocycles. The number of urea groups is 1. The van der Waals surface area contributed by atoms with Crippen molar-refractivity contribution in [1.29, 1.82) is 0 Å². The van der Waals surface area contributed by atoms with Gasteiger partial charge >= 0.3 is 6.03 Å². The minimum atomic E-state index is -0.144. The number of anilines is 1. The number of carbonyl (C=O) groups is 2. The zero-order valence-corrected chi connectivity index (χ0v) is 15.8. The summed E-state index contributed by atoms with van der Waals surface area (Å²) in [4.78, 5) is 32.9. The average molecular weight is 347 g/mol. The lowest BCUT2D eigenvalue weighted by atomic mass is 10.0. The van der Waals surface area contributed by atoms with Crippen molar-refractivity contribution in [1.82, 2.24) is 20.5 Å². The van der Waals surface area contributed by atoms with Gasteiger partial charge in [0.25, 0.3) is 5.91 Å². The van der Waals surface area contributed by atoms with Gasteiger partial charge in [-0.25, -0.2) is 9.78 Å². The zero-order valence-electron chi connectivity index (χ0n) is 15.8. The van der Waals surface area contributed by atoms with Gasteiger partial charge in [0.1, 0.15) is 5.82 Å². The highest BCUT2D eigenvalue weighted by molar-refractivity contribution is 5.99. The predicted octanol–water partition coefficient (Wildman–Crippen LogP) is 1.27. The molecule has 7 heteroatoms. The maximum Gasteiger partial charge on any atom is 0.317 e. The Morgan fingerprint density at radius 1 is 1.28 bits per heavy atom. The molecule has 1 aromatic heterocycles. The molecule has 0 saturated heterocycles. The molecule has 2 N–H and O–H groups in total. The number of nitrogens with zero attached hydrogens (tertiary/aromatic N) is 3. The van der Waals surface area contributed by atoms with Gasteiger partial charge in [-0.3, -0.25) is 4.79 Å². The van der Waals surface area contributed by atoms with E-state index in [0.29, 0.717) is 49.8 Å². The van der Waals surface area contributed by atoms with Crippen molar-refractivity contribution in [3.63, 3.8) is 0 Å². The molecule has 0 aromatic carbocycles. The van der Waals surface area contributed by atoms with Crippen molar-refractivity contribution in [3.05, 3.63) is 22.9 Å². The normalized spacial score (nSPS) is 13.9. The van der Waals surface area contributed by atoms with Gasteiger partial charge in [0.15, 0.2) is 0 Å². The maximum absolute atomic E-state index is 12.3. The number of fused-ring (bicyclic) bond motifs is 1. The highest BCUT2D eigenvalue weighted by Gasteiger charge is 2.23. The van der Waals surface area contributed by atoms with E-state index in [1.165, 1.54) is 0 Å². The van der Waals surface area contributed by atoms with Crippen LogP contribution in [0, 0.1) is 5.92 Å². The van der Waals surface area contributed by atoms with Gasteiger partial charge in [-0.1, -0.05) is 13.8 Å². The average Bonchev–Trinajstić information content (AvgIpc) is 2.79. The van der Waals surface area contributed by atoms with E-state index in [4.69, 9.17) is 4.98 Å². The molecule has 0 bridgehead atoms. The van der Waals surface area contributed by atoms with E-state index in [1.807, 2.05) is 30.0 Å². The molecular weight excluding hydrogens is 318 g/mol. The van der Waals surface area contributed by atoms with Crippen LogP contribution in [0.5, 0.6) is 0 Å². The number of nitrogens with one attached hydrogen (secondary N) is 2. The first-order valence-electron chi connectivity index (χ1n) is 8.78. The number of pyridine rings is 1. The van der Waals surface area contributed by atoms with Gasteiger partial charge in [0.05, 0.1) is 5.56 Å². The van der Waals surface area contributed by atoms with Crippen LogP contribution in [-0.2, 0) is 12.8 Å². The Hall–Kier alpha value is -2.31. The molecule has 138 valence electrons. The quantitative estimate of drug-likeness (QED) is 0.860. The molecule has 0 aliphatic carbocycles. The minimum Gasteiger partial charge on any atom is -0.362 e. The monoisotopic (exact) mass is 347 g/mol. The van der Waals surface area contributed by atoms with E-state index in [0.717, 1.165) is 11.3 Å². The van der Waals surface area contributed by atoms with Crippen LogP contribution in [0.4, 0.5) is 10.6 Å². The summed E-state index contributed by atoms with van der Waals surface area (Å²) in [6, 6.07) is 1.90. The fourth-order valence-corrected chi connectivity index (χ4v) is 2.87. The first-order valence-corrected chi connectivity index (χ1v) is 8.78. The van der Waals surface area contributed by atoms with Crippen molar-refractivity contribution in [2.24, 2.45) is 5.92 Å². The Morgan fingerprint density at radius 2 is 1.96 bits per heavy atom. The van der Waals surface area contributed by atoms with Crippen molar-refractivity contribution >= 4 is 17.8 Å². The molecule has 25 heavy (non-hydrogen) atoms. The lowest BCUT2D eigenvalue weighted by Gasteiger charge is -2.21. The summed E-state index contributed by atoms with van der Waals surface area (Å²) in [5.41, 5.74) is 2.59. The largest absolute Gasteiger partial charge is 0.362 e. The van der Waals surface area contributed by atoms with Crippen LogP contribution in [0.2, 0.25) is 0 Å². The second kappa shape index (κ2) is 8.18. The Bertz CT molecular complexity index is 643. The Kier molecular flexibility index (Phi) is 6.22. The first kappa shape index (κ1) is 19.0. The number of hydrogen-bond donors (Lipinski definition) is 2. The predicted molar refractivity (Wildman–Crippen MR) is 99.2 cm³/mol. The van der Waals surface area contributed by atoms with Gasteiger partial charge in [0, 0.05) is 52.9 Å². The third kappa shape index (κ3) is 4.61. The number of amides is 3. The van der Waals surface area contributed by atoms with Crippen LogP contribution in [-0.4, -0.2) is 62.6 Å². The molecule has 7 nitrogen and oxygen atoms in total. The van der Waals surface area contributed by atoms with Crippen LogP contribution in [0.1, 0.15) is 35.5 Å². The Morgan fingerprint density at radius 3 is 2.56 bits per heavy atom. The van der Waals surface area contributed by atoms with Crippen molar-refractivity contribution in [3.8, 4) is 0 Å². The van der Waals surface area contributed by atoms with Crippen LogP contribution in [0.25, 0.3) is 0 Å². The first-order chi connectivity index (χ1) is 11.8. The number of rotatable bonds is 4. The van der Waals surface area contributed by atoms with Crippen molar-refractivity contribution in [2.75, 3.05) is 45.7 Å². The SMILES string of the molecule is CNC(=O)c1cc2c(nc1N(C)C)CCN(C(=O)NCC(C)C)CC2. The summed E-state index contributed by atoms with van der Waals surface area (Å²) < 4.78 is 0. The van der Waals surface area contributed by atoms with Gasteiger partial charge in [0.2, 0.25) is 0 Å². The molecule has 1 aliphatic rings. The van der Waals surface area contributed by atoms with Crippen LogP contribution in [0.3, 0.4) is 0 Å². The molecule has 0 atom stereocenters. The fraction of sp³-hybridized carbons (Fsp3) is 0.611. The molecular formula is C18H29N5O2. The van der Waals surface area contributed by atoms with E-state index in [9.17, 15) is 9.59 Å². The summed E-state index contributed by atoms with van der Waals surface area (Å²) in [7, 11) is 5.38. The fourth-order valence-electron chi connectivity index (χ4n) is 2.87. The van der Waals surface area contributed by atoms with Crippen LogP contribution >= 0.6 is 0 Å². The van der Waals surface area contributed by atoms with Gasteiger partial charge in [-0.2, -0.15) is 0 Å². The van der Waals surface area contributed by atoms with E-state index < -0.39 is 0 Å². The van der Waals surface area contributed by atoms with Crippen LogP contribution < -0.4 is 15.5 Å². The Balaban J connectivity index is 2.20. The van der Waals surface area contributed by atoms with Gasteiger partial charge in [-0.15, -0.1) is 0 Å². The maximum atomic E-state index is 12.3. The third-order valence-electron chi connectivity index (χ3n) is 4.28. The molecule has 0 fully saturated rings. The summed E-state index contributed by atoms with van der Waals surface area (Å²) in [5.74, 6) is 0.943.